The summed E-state index contributed by atoms with van der Waals surface area (Å²) in [5.74, 6) is -0.0196. The van der Waals surface area contributed by atoms with Crippen molar-refractivity contribution in [3.63, 3.8) is 0 Å². The van der Waals surface area contributed by atoms with Crippen LogP contribution in [0.25, 0.3) is 0 Å². The Morgan fingerprint density at radius 3 is 2.33 bits per heavy atom. The Bertz CT molecular complexity index is 146. The molecular weight excluding hydrogens is 152 g/mol. The second kappa shape index (κ2) is 4.48. The first kappa shape index (κ1) is 9.56. The van der Waals surface area contributed by atoms with Crippen molar-refractivity contribution in [2.24, 2.45) is 5.92 Å². The number of esters is 1. The van der Waals surface area contributed by atoms with Gasteiger partial charge in [-0.3, -0.25) is 4.79 Å². The number of carbonyl (C=O) groups is 1. The van der Waals surface area contributed by atoms with E-state index in [-0.39, 0.29) is 18.0 Å². The number of rotatable bonds is 2. The minimum atomic E-state index is -0.0399. The maximum atomic E-state index is 11.2. The summed E-state index contributed by atoms with van der Waals surface area (Å²) in [7, 11) is 0. The summed E-state index contributed by atoms with van der Waals surface area (Å²) < 4.78 is 5.31. The van der Waals surface area contributed by atoms with E-state index in [0.717, 1.165) is 12.8 Å². The number of ether oxygens (including phenoxy) is 1. The molecule has 2 nitrogen and oxygen atoms in total. The molecule has 1 fully saturated rings. The topological polar surface area (TPSA) is 26.3 Å². The SMILES string of the molecule is CC(C)C(=O)OC1CCCCC1. The second-order valence-corrected chi connectivity index (χ2v) is 3.85. The third kappa shape index (κ3) is 2.84. The normalized spacial score (nSPS) is 19.6. The Morgan fingerprint density at radius 1 is 1.25 bits per heavy atom. The maximum absolute atomic E-state index is 11.2. The zero-order valence-corrected chi connectivity index (χ0v) is 8.01. The molecular formula is C10H18O2. The van der Waals surface area contributed by atoms with E-state index < -0.39 is 0 Å². The van der Waals surface area contributed by atoms with Gasteiger partial charge in [-0.2, -0.15) is 0 Å². The summed E-state index contributed by atoms with van der Waals surface area (Å²) in [5, 5.41) is 0. The molecule has 0 spiro atoms. The molecule has 0 radical (unpaired) electrons. The lowest BCUT2D eigenvalue weighted by atomic mass is 9.98. The van der Waals surface area contributed by atoms with Gasteiger partial charge >= 0.3 is 5.97 Å². The van der Waals surface area contributed by atoms with Crippen molar-refractivity contribution in [2.45, 2.75) is 52.1 Å². The Labute approximate surface area is 74.3 Å². The molecule has 1 rings (SSSR count). The summed E-state index contributed by atoms with van der Waals surface area (Å²) in [6.45, 7) is 3.76. The fourth-order valence-corrected chi connectivity index (χ4v) is 1.48. The third-order valence-electron chi connectivity index (χ3n) is 2.31. The molecule has 0 aromatic rings. The molecule has 1 aliphatic carbocycles. The first-order valence-corrected chi connectivity index (χ1v) is 4.90. The fraction of sp³-hybridized carbons (Fsp3) is 0.900. The molecule has 0 amide bonds. The Balaban J connectivity index is 2.24. The average molecular weight is 170 g/mol. The number of hydrogen-bond donors (Lipinski definition) is 0. The third-order valence-corrected chi connectivity index (χ3v) is 2.31. The van der Waals surface area contributed by atoms with Gasteiger partial charge in [-0.1, -0.05) is 20.3 Å². The van der Waals surface area contributed by atoms with Crippen molar-refractivity contribution in [2.75, 3.05) is 0 Å². The minimum Gasteiger partial charge on any atom is -0.462 e. The molecule has 0 aromatic heterocycles. The molecule has 0 saturated heterocycles. The lowest BCUT2D eigenvalue weighted by molar-refractivity contribution is -0.154. The predicted molar refractivity (Wildman–Crippen MR) is 47.8 cm³/mol. The van der Waals surface area contributed by atoms with Crippen LogP contribution in [0, 0.1) is 5.92 Å². The van der Waals surface area contributed by atoms with Crippen molar-refractivity contribution in [3.05, 3.63) is 0 Å². The van der Waals surface area contributed by atoms with Gasteiger partial charge in [0, 0.05) is 0 Å². The van der Waals surface area contributed by atoms with E-state index in [0.29, 0.717) is 0 Å². The fourth-order valence-electron chi connectivity index (χ4n) is 1.48. The number of carbonyl (C=O) groups excluding carboxylic acids is 1. The second-order valence-electron chi connectivity index (χ2n) is 3.85. The van der Waals surface area contributed by atoms with E-state index in [2.05, 4.69) is 0 Å². The van der Waals surface area contributed by atoms with Crippen LogP contribution in [0.1, 0.15) is 46.0 Å². The summed E-state index contributed by atoms with van der Waals surface area (Å²) in [4.78, 5) is 11.2. The molecule has 70 valence electrons. The highest BCUT2D eigenvalue weighted by Gasteiger charge is 2.18. The van der Waals surface area contributed by atoms with Crippen molar-refractivity contribution in [1.29, 1.82) is 0 Å². The molecule has 0 aromatic carbocycles. The highest BCUT2D eigenvalue weighted by Crippen LogP contribution is 2.21. The highest BCUT2D eigenvalue weighted by molar-refractivity contribution is 5.71. The van der Waals surface area contributed by atoms with Gasteiger partial charge in [-0.25, -0.2) is 0 Å². The van der Waals surface area contributed by atoms with Gasteiger partial charge in [-0.15, -0.1) is 0 Å². The van der Waals surface area contributed by atoms with Crippen LogP contribution in [0.3, 0.4) is 0 Å². The number of hydrogen-bond acceptors (Lipinski definition) is 2. The summed E-state index contributed by atoms with van der Waals surface area (Å²) >= 11 is 0. The summed E-state index contributed by atoms with van der Waals surface area (Å²) in [5.41, 5.74) is 0. The van der Waals surface area contributed by atoms with E-state index in [1.165, 1.54) is 19.3 Å². The van der Waals surface area contributed by atoms with Crippen LogP contribution < -0.4 is 0 Å². The summed E-state index contributed by atoms with van der Waals surface area (Å²) in [6, 6.07) is 0. The van der Waals surface area contributed by atoms with Crippen LogP contribution in [0.15, 0.2) is 0 Å². The van der Waals surface area contributed by atoms with E-state index in [1.807, 2.05) is 13.8 Å². The zero-order chi connectivity index (χ0) is 8.97. The van der Waals surface area contributed by atoms with E-state index in [9.17, 15) is 4.79 Å². The smallest absolute Gasteiger partial charge is 0.308 e. The van der Waals surface area contributed by atoms with E-state index in [4.69, 9.17) is 4.74 Å². The Hall–Kier alpha value is -0.530. The lowest BCUT2D eigenvalue weighted by Crippen LogP contribution is -2.23. The molecule has 0 N–H and O–H groups in total. The Morgan fingerprint density at radius 2 is 1.83 bits per heavy atom. The van der Waals surface area contributed by atoms with E-state index >= 15 is 0 Å². The van der Waals surface area contributed by atoms with Gasteiger partial charge < -0.3 is 4.74 Å². The molecule has 12 heavy (non-hydrogen) atoms. The Kier molecular flexibility index (Phi) is 3.57. The lowest BCUT2D eigenvalue weighted by Gasteiger charge is -2.22. The largest absolute Gasteiger partial charge is 0.462 e. The summed E-state index contributed by atoms with van der Waals surface area (Å²) in [6.07, 6.45) is 6.09. The van der Waals surface area contributed by atoms with E-state index in [1.54, 1.807) is 0 Å². The zero-order valence-electron chi connectivity index (χ0n) is 8.01. The van der Waals surface area contributed by atoms with Gasteiger partial charge in [-0.05, 0) is 25.7 Å². The average Bonchev–Trinajstić information content (AvgIpc) is 2.06. The minimum absolute atomic E-state index is 0.0203. The molecule has 0 atom stereocenters. The van der Waals surface area contributed by atoms with Gasteiger partial charge in [0.05, 0.1) is 5.92 Å². The van der Waals surface area contributed by atoms with Crippen LogP contribution in [0.5, 0.6) is 0 Å². The molecule has 0 heterocycles. The first-order chi connectivity index (χ1) is 5.70. The molecule has 1 aliphatic rings. The van der Waals surface area contributed by atoms with Gasteiger partial charge in [0.1, 0.15) is 6.10 Å². The standard InChI is InChI=1S/C10H18O2/c1-8(2)10(11)12-9-6-4-3-5-7-9/h8-9H,3-7H2,1-2H3. The maximum Gasteiger partial charge on any atom is 0.308 e. The highest BCUT2D eigenvalue weighted by atomic mass is 16.5. The van der Waals surface area contributed by atoms with Gasteiger partial charge in [0.25, 0.3) is 0 Å². The molecule has 1 saturated carbocycles. The molecule has 0 aliphatic heterocycles. The van der Waals surface area contributed by atoms with Crippen molar-refractivity contribution >= 4 is 5.97 Å². The van der Waals surface area contributed by atoms with Crippen LogP contribution >= 0.6 is 0 Å². The monoisotopic (exact) mass is 170 g/mol. The van der Waals surface area contributed by atoms with Crippen molar-refractivity contribution < 1.29 is 9.53 Å². The molecule has 0 bridgehead atoms. The molecule has 2 heteroatoms. The van der Waals surface area contributed by atoms with Crippen LogP contribution in [0.4, 0.5) is 0 Å². The van der Waals surface area contributed by atoms with Gasteiger partial charge in [0.15, 0.2) is 0 Å². The predicted octanol–water partition coefficient (Wildman–Crippen LogP) is 2.52. The van der Waals surface area contributed by atoms with Crippen LogP contribution in [-0.4, -0.2) is 12.1 Å². The van der Waals surface area contributed by atoms with Crippen molar-refractivity contribution in [3.8, 4) is 0 Å². The van der Waals surface area contributed by atoms with Gasteiger partial charge in [0.2, 0.25) is 0 Å². The van der Waals surface area contributed by atoms with Crippen LogP contribution in [-0.2, 0) is 9.53 Å². The van der Waals surface area contributed by atoms with Crippen LogP contribution in [0.2, 0.25) is 0 Å². The molecule has 0 unspecified atom stereocenters. The quantitative estimate of drug-likeness (QED) is 0.595. The van der Waals surface area contributed by atoms with Crippen molar-refractivity contribution in [1.82, 2.24) is 0 Å². The first-order valence-electron chi connectivity index (χ1n) is 4.90.